The Bertz CT molecular complexity index is 1620. The van der Waals surface area contributed by atoms with Crippen molar-refractivity contribution in [2.75, 3.05) is 6.61 Å². The van der Waals surface area contributed by atoms with E-state index in [0.29, 0.717) is 11.3 Å². The summed E-state index contributed by atoms with van der Waals surface area (Å²) in [5, 5.41) is 26.2. The lowest BCUT2D eigenvalue weighted by Crippen LogP contribution is -2.33. The summed E-state index contributed by atoms with van der Waals surface area (Å²) in [4.78, 5) is 40.2. The molecule has 2 aliphatic rings. The molecule has 230 valence electrons. The van der Waals surface area contributed by atoms with Gasteiger partial charge in [0.05, 0.1) is 6.61 Å². The van der Waals surface area contributed by atoms with Crippen LogP contribution in [0.4, 0.5) is 0 Å². The Hall–Kier alpha value is -4.66. The second kappa shape index (κ2) is 11.8. The van der Waals surface area contributed by atoms with Crippen LogP contribution in [0.5, 0.6) is 11.5 Å². The molecule has 1 heterocycles. The number of hydrogen-bond donors (Lipinski definition) is 2. The lowest BCUT2D eigenvalue weighted by atomic mass is 9.67. The number of allylic oxidation sites excluding steroid dienone is 4. The van der Waals surface area contributed by atoms with Gasteiger partial charge in [0, 0.05) is 54.4 Å². The van der Waals surface area contributed by atoms with Crippen LogP contribution in [0.2, 0.25) is 0 Å². The smallest absolute Gasteiger partial charge is 0.366 e. The third kappa shape index (κ3) is 6.32. The molecule has 1 aromatic heterocycles. The van der Waals surface area contributed by atoms with Gasteiger partial charge < -0.3 is 24.2 Å². The van der Waals surface area contributed by atoms with Gasteiger partial charge in [0.1, 0.15) is 11.5 Å². The van der Waals surface area contributed by atoms with Crippen LogP contribution < -0.4 is 9.47 Å². The zero-order chi connectivity index (χ0) is 31.8. The van der Waals surface area contributed by atoms with Gasteiger partial charge >= 0.3 is 5.97 Å². The second-order valence-corrected chi connectivity index (χ2v) is 13.0. The number of carbonyl (C=O) groups is 3. The molecule has 0 fully saturated rings. The fourth-order valence-corrected chi connectivity index (χ4v) is 6.06. The number of carbonyl (C=O) groups excluding carboxylic acids is 3. The Balaban J connectivity index is 1.55. The minimum absolute atomic E-state index is 0.0377. The number of benzene rings is 2. The van der Waals surface area contributed by atoms with Crippen molar-refractivity contribution in [2.24, 2.45) is 10.8 Å². The van der Waals surface area contributed by atoms with Gasteiger partial charge in [-0.1, -0.05) is 69.2 Å². The van der Waals surface area contributed by atoms with Crippen molar-refractivity contribution in [2.45, 2.75) is 66.2 Å². The van der Waals surface area contributed by atoms with Gasteiger partial charge in [-0.25, -0.2) is 4.79 Å². The summed E-state index contributed by atoms with van der Waals surface area (Å²) in [6.45, 7) is 9.57. The van der Waals surface area contributed by atoms with E-state index >= 15 is 0 Å². The third-order valence-corrected chi connectivity index (χ3v) is 7.95. The molecule has 0 radical (unpaired) electrons. The van der Waals surface area contributed by atoms with E-state index in [9.17, 15) is 24.6 Å². The van der Waals surface area contributed by atoms with Gasteiger partial charge in [0.25, 0.3) is 0 Å². The van der Waals surface area contributed by atoms with Crippen molar-refractivity contribution >= 4 is 17.5 Å². The number of aliphatic hydroxyl groups is 2. The molecule has 2 aliphatic carbocycles. The van der Waals surface area contributed by atoms with Crippen molar-refractivity contribution in [3.8, 4) is 22.8 Å². The first-order valence-corrected chi connectivity index (χ1v) is 14.7. The molecule has 5 rings (SSSR count). The van der Waals surface area contributed by atoms with E-state index in [0.717, 1.165) is 5.56 Å². The van der Waals surface area contributed by atoms with Gasteiger partial charge in [-0.3, -0.25) is 9.59 Å². The average molecular weight is 600 g/mol. The quantitative estimate of drug-likeness (QED) is 0.200. The molecule has 0 aliphatic heterocycles. The van der Waals surface area contributed by atoms with Gasteiger partial charge in [0.15, 0.2) is 34.5 Å². The van der Waals surface area contributed by atoms with Gasteiger partial charge in [-0.05, 0) is 35.4 Å². The fourth-order valence-electron chi connectivity index (χ4n) is 6.06. The Kier molecular flexibility index (Phi) is 8.25. The maximum atomic E-state index is 13.6. The van der Waals surface area contributed by atoms with E-state index in [1.54, 1.807) is 19.1 Å². The van der Waals surface area contributed by atoms with Crippen LogP contribution in [0.15, 0.2) is 81.8 Å². The monoisotopic (exact) mass is 599 g/mol. The summed E-state index contributed by atoms with van der Waals surface area (Å²) in [6.07, 6.45) is 0.838. The lowest BCUT2D eigenvalue weighted by molar-refractivity contribution is -0.119. The van der Waals surface area contributed by atoms with E-state index in [-0.39, 0.29) is 83.7 Å². The Morgan fingerprint density at radius 3 is 2.00 bits per heavy atom. The van der Waals surface area contributed by atoms with E-state index < -0.39 is 22.7 Å². The summed E-state index contributed by atoms with van der Waals surface area (Å²) in [6, 6.07) is 15.4. The maximum absolute atomic E-state index is 13.6. The van der Waals surface area contributed by atoms with Crippen LogP contribution in [-0.2, 0) is 9.59 Å². The number of aliphatic hydroxyl groups excluding tert-OH is 2. The van der Waals surface area contributed by atoms with Crippen molar-refractivity contribution in [3.63, 3.8) is 0 Å². The lowest BCUT2D eigenvalue weighted by Gasteiger charge is -2.36. The maximum Gasteiger partial charge on any atom is 0.366 e. The molecular formula is C35H37NO8. The van der Waals surface area contributed by atoms with E-state index in [1.165, 1.54) is 12.1 Å². The van der Waals surface area contributed by atoms with Crippen LogP contribution in [0.25, 0.3) is 11.3 Å². The molecule has 9 nitrogen and oxygen atoms in total. The Labute approximate surface area is 256 Å². The normalized spacial score (nSPS) is 18.1. The molecule has 3 aromatic rings. The molecule has 2 N–H and O–H groups in total. The molecule has 0 saturated heterocycles. The average Bonchev–Trinajstić information content (AvgIpc) is 3.42. The summed E-state index contributed by atoms with van der Waals surface area (Å²) in [5.41, 5.74) is 0.403. The van der Waals surface area contributed by atoms with E-state index in [1.807, 2.05) is 58.0 Å². The highest BCUT2D eigenvalue weighted by Gasteiger charge is 2.44. The van der Waals surface area contributed by atoms with Crippen molar-refractivity contribution in [1.29, 1.82) is 0 Å². The number of rotatable bonds is 8. The largest absolute Gasteiger partial charge is 0.512 e. The highest BCUT2D eigenvalue weighted by atomic mass is 16.6. The first-order chi connectivity index (χ1) is 20.8. The van der Waals surface area contributed by atoms with Crippen molar-refractivity contribution in [1.82, 2.24) is 5.16 Å². The van der Waals surface area contributed by atoms with Crippen LogP contribution in [0.1, 0.15) is 82.3 Å². The minimum Gasteiger partial charge on any atom is -0.512 e. The number of nitrogens with zero attached hydrogens (tertiary/aromatic N) is 1. The molecule has 0 bridgehead atoms. The molecule has 2 aromatic carbocycles. The second-order valence-electron chi connectivity index (χ2n) is 13.0. The number of hydrogen-bond acceptors (Lipinski definition) is 9. The van der Waals surface area contributed by atoms with Crippen molar-refractivity contribution in [3.05, 3.63) is 88.5 Å². The minimum atomic E-state index is -1.03. The highest BCUT2D eigenvalue weighted by Crippen LogP contribution is 2.49. The van der Waals surface area contributed by atoms with Crippen LogP contribution in [0.3, 0.4) is 0 Å². The SMILES string of the molecule is CCOc1cc(C(C2=C(O)CC(C)(C)CC2=O)C2=C(O)CC(C)(C)CC2=O)ccc1OC(=O)c1cc(-c2ccccc2)on1. The van der Waals surface area contributed by atoms with Crippen LogP contribution in [-0.4, -0.2) is 39.5 Å². The summed E-state index contributed by atoms with van der Waals surface area (Å²) >= 11 is 0. The molecule has 0 saturated carbocycles. The van der Waals surface area contributed by atoms with Gasteiger partial charge in [0.2, 0.25) is 0 Å². The van der Waals surface area contributed by atoms with E-state index in [2.05, 4.69) is 5.16 Å². The first-order valence-electron chi connectivity index (χ1n) is 14.7. The van der Waals surface area contributed by atoms with Gasteiger partial charge in [-0.2, -0.15) is 0 Å². The molecule has 9 heteroatoms. The number of Topliss-reactive ketones (excluding diaryl/α,β-unsaturated/α-hetero) is 2. The van der Waals surface area contributed by atoms with Crippen molar-refractivity contribution < 1.29 is 38.6 Å². The number of ketones is 2. The number of ether oxygens (including phenoxy) is 2. The van der Waals surface area contributed by atoms with E-state index in [4.69, 9.17) is 14.0 Å². The molecule has 0 unspecified atom stereocenters. The topological polar surface area (TPSA) is 136 Å². The molecule has 0 atom stereocenters. The Morgan fingerprint density at radius 1 is 0.864 bits per heavy atom. The predicted octanol–water partition coefficient (Wildman–Crippen LogP) is 7.45. The standard InChI is InChI=1S/C35H37NO8/c1-6-42-29-14-21(12-13-27(29)43-33(41)22-15-28(44-36-22)20-10-8-7-9-11-20)30(31-23(37)16-34(2,3)17-24(31)38)32-25(39)18-35(4,5)19-26(32)40/h7-15,30,37,39H,6,16-19H2,1-5H3. The summed E-state index contributed by atoms with van der Waals surface area (Å²) in [5.74, 6) is -1.93. The zero-order valence-corrected chi connectivity index (χ0v) is 25.6. The number of esters is 1. The summed E-state index contributed by atoms with van der Waals surface area (Å²) < 4.78 is 16.8. The predicted molar refractivity (Wildman–Crippen MR) is 163 cm³/mol. The zero-order valence-electron chi connectivity index (χ0n) is 25.6. The third-order valence-electron chi connectivity index (χ3n) is 7.95. The molecular weight excluding hydrogens is 562 g/mol. The fraction of sp³-hybridized carbons (Fsp3) is 0.371. The Morgan fingerprint density at radius 2 is 1.45 bits per heavy atom. The molecule has 0 spiro atoms. The van der Waals surface area contributed by atoms with Crippen LogP contribution >= 0.6 is 0 Å². The number of aromatic nitrogens is 1. The highest BCUT2D eigenvalue weighted by molar-refractivity contribution is 6.05. The molecule has 44 heavy (non-hydrogen) atoms. The van der Waals surface area contributed by atoms with Crippen LogP contribution in [0, 0.1) is 10.8 Å². The first kappa shape index (κ1) is 30.8. The molecule has 0 amide bonds. The van der Waals surface area contributed by atoms with Gasteiger partial charge in [-0.15, -0.1) is 0 Å². The summed E-state index contributed by atoms with van der Waals surface area (Å²) in [7, 11) is 0.